The second kappa shape index (κ2) is 9.19. The monoisotopic (exact) mass is 428 g/mol. The van der Waals surface area contributed by atoms with Crippen molar-refractivity contribution in [2.45, 2.75) is 31.6 Å². The van der Waals surface area contributed by atoms with E-state index in [4.69, 9.17) is 0 Å². The molecule has 1 amide bonds. The van der Waals surface area contributed by atoms with Gasteiger partial charge in [-0.15, -0.1) is 0 Å². The Morgan fingerprint density at radius 2 is 1.97 bits per heavy atom. The van der Waals surface area contributed by atoms with Crippen LogP contribution in [0.2, 0.25) is 0 Å². The summed E-state index contributed by atoms with van der Waals surface area (Å²) in [6, 6.07) is 6.78. The van der Waals surface area contributed by atoms with Crippen LogP contribution in [0, 0.1) is 24.2 Å². The van der Waals surface area contributed by atoms with Crippen molar-refractivity contribution in [2.75, 3.05) is 29.9 Å². The van der Waals surface area contributed by atoms with Crippen molar-refractivity contribution in [3.8, 4) is 6.07 Å². The van der Waals surface area contributed by atoms with Crippen LogP contribution in [0.3, 0.4) is 0 Å². The number of hydrogen-bond acceptors (Lipinski definition) is 7. The fourth-order valence-corrected chi connectivity index (χ4v) is 4.87. The molecule has 30 heavy (non-hydrogen) atoms. The Bertz CT molecular complexity index is 1070. The number of carbonyl (C=O) groups excluding carboxylic acids is 1. The average Bonchev–Trinajstić information content (AvgIpc) is 2.72. The highest BCUT2D eigenvalue weighted by Gasteiger charge is 2.25. The van der Waals surface area contributed by atoms with E-state index in [0.717, 1.165) is 12.8 Å². The lowest BCUT2D eigenvalue weighted by atomic mass is 9.97. The molecule has 1 aromatic heterocycles. The Labute approximate surface area is 176 Å². The summed E-state index contributed by atoms with van der Waals surface area (Å²) in [5.74, 6) is 0.559. The van der Waals surface area contributed by atoms with Crippen LogP contribution in [-0.4, -0.2) is 43.9 Å². The zero-order chi connectivity index (χ0) is 21.7. The lowest BCUT2D eigenvalue weighted by molar-refractivity contribution is -0.114. The number of carbonyl (C=O) groups is 1. The highest BCUT2D eigenvalue weighted by atomic mass is 32.2. The summed E-state index contributed by atoms with van der Waals surface area (Å²) in [6.45, 7) is 4.81. The van der Waals surface area contributed by atoms with Crippen molar-refractivity contribution >= 4 is 27.4 Å². The maximum atomic E-state index is 12.7. The van der Waals surface area contributed by atoms with Crippen LogP contribution in [-0.2, 0) is 14.8 Å². The number of nitrogens with zero attached hydrogens (tertiary/aromatic N) is 4. The molecule has 3 rings (SSSR count). The van der Waals surface area contributed by atoms with Crippen molar-refractivity contribution in [2.24, 2.45) is 5.92 Å². The molecular weight excluding hydrogens is 404 g/mol. The van der Waals surface area contributed by atoms with Crippen molar-refractivity contribution in [3.05, 3.63) is 41.9 Å². The third-order valence-electron chi connectivity index (χ3n) is 5.05. The molecule has 1 aliphatic heterocycles. The van der Waals surface area contributed by atoms with Crippen molar-refractivity contribution in [1.82, 2.24) is 14.7 Å². The molecule has 0 aliphatic carbocycles. The molecule has 158 valence electrons. The second-order valence-electron chi connectivity index (χ2n) is 7.28. The topological polar surface area (TPSA) is 128 Å². The Balaban J connectivity index is 1.58. The number of amides is 1. The van der Waals surface area contributed by atoms with Crippen LogP contribution in [0.4, 0.5) is 11.5 Å². The first kappa shape index (κ1) is 21.7. The first-order valence-electron chi connectivity index (χ1n) is 9.64. The van der Waals surface area contributed by atoms with E-state index in [0.29, 0.717) is 42.4 Å². The van der Waals surface area contributed by atoms with Gasteiger partial charge in [-0.05, 0) is 49.4 Å². The van der Waals surface area contributed by atoms with Crippen LogP contribution >= 0.6 is 0 Å². The van der Waals surface area contributed by atoms with Gasteiger partial charge in [0.2, 0.25) is 15.9 Å². The number of rotatable bonds is 6. The lowest BCUT2D eigenvalue weighted by Crippen LogP contribution is -2.39. The molecule has 0 spiro atoms. The molecule has 0 unspecified atom stereocenters. The average molecular weight is 429 g/mol. The van der Waals surface area contributed by atoms with Crippen molar-refractivity contribution in [1.29, 1.82) is 5.26 Å². The Morgan fingerprint density at radius 1 is 1.27 bits per heavy atom. The Morgan fingerprint density at radius 3 is 2.60 bits per heavy atom. The van der Waals surface area contributed by atoms with Gasteiger partial charge in [-0.25, -0.2) is 23.1 Å². The van der Waals surface area contributed by atoms with E-state index in [9.17, 15) is 18.5 Å². The summed E-state index contributed by atoms with van der Waals surface area (Å²) in [7, 11) is -3.65. The molecule has 2 heterocycles. The number of sulfonamides is 1. The van der Waals surface area contributed by atoms with E-state index in [-0.39, 0.29) is 16.7 Å². The molecule has 10 heteroatoms. The van der Waals surface area contributed by atoms with Crippen molar-refractivity contribution in [3.63, 3.8) is 0 Å². The molecule has 0 radical (unpaired) electrons. The van der Waals surface area contributed by atoms with E-state index in [2.05, 4.69) is 26.1 Å². The van der Waals surface area contributed by atoms with Gasteiger partial charge in [-0.3, -0.25) is 4.79 Å². The van der Waals surface area contributed by atoms with E-state index >= 15 is 0 Å². The summed E-state index contributed by atoms with van der Waals surface area (Å²) >= 11 is 0. The number of nitriles is 1. The maximum Gasteiger partial charge on any atom is 0.240 e. The van der Waals surface area contributed by atoms with Gasteiger partial charge in [0.15, 0.2) is 11.5 Å². The van der Waals surface area contributed by atoms with Crippen LogP contribution in [0.25, 0.3) is 0 Å². The highest BCUT2D eigenvalue weighted by Crippen LogP contribution is 2.24. The van der Waals surface area contributed by atoms with E-state index in [1.807, 2.05) is 4.90 Å². The fourth-order valence-electron chi connectivity index (χ4n) is 3.53. The number of anilines is 2. The molecule has 0 atom stereocenters. The molecular formula is C20H24N6O3S. The van der Waals surface area contributed by atoms with Crippen LogP contribution in [0.15, 0.2) is 35.5 Å². The number of aromatic nitrogens is 2. The molecule has 2 aromatic rings. The molecule has 1 aliphatic rings. The number of benzene rings is 1. The first-order valence-corrected chi connectivity index (χ1v) is 11.1. The van der Waals surface area contributed by atoms with Gasteiger partial charge in [-0.2, -0.15) is 5.26 Å². The first-order chi connectivity index (χ1) is 14.3. The predicted octanol–water partition coefficient (Wildman–Crippen LogP) is 1.81. The summed E-state index contributed by atoms with van der Waals surface area (Å²) in [6.07, 6.45) is 4.62. The summed E-state index contributed by atoms with van der Waals surface area (Å²) in [4.78, 5) is 21.7. The van der Waals surface area contributed by atoms with Gasteiger partial charge in [0.05, 0.1) is 4.90 Å². The predicted molar refractivity (Wildman–Crippen MR) is 112 cm³/mol. The maximum absolute atomic E-state index is 12.7. The lowest BCUT2D eigenvalue weighted by Gasteiger charge is -2.32. The highest BCUT2D eigenvalue weighted by molar-refractivity contribution is 7.89. The summed E-state index contributed by atoms with van der Waals surface area (Å²) in [5, 5.41) is 11.8. The van der Waals surface area contributed by atoms with Crippen LogP contribution in [0.1, 0.15) is 31.0 Å². The normalized spacial score (nSPS) is 14.9. The second-order valence-corrected chi connectivity index (χ2v) is 9.02. The van der Waals surface area contributed by atoms with Gasteiger partial charge >= 0.3 is 0 Å². The van der Waals surface area contributed by atoms with E-state index in [1.54, 1.807) is 25.3 Å². The zero-order valence-electron chi connectivity index (χ0n) is 16.9. The van der Waals surface area contributed by atoms with Gasteiger partial charge in [0.25, 0.3) is 0 Å². The standard InChI is InChI=1S/C20H24N6O3S/c1-14-11-17(25-15(2)27)3-4-19(14)30(28,29)24-13-16-5-9-26(10-6-16)20-18(12-21)22-7-8-23-20/h3-4,7-8,11,16,24H,5-6,9-10,13H2,1-2H3,(H,25,27). The molecule has 1 fully saturated rings. The largest absolute Gasteiger partial charge is 0.354 e. The van der Waals surface area contributed by atoms with Gasteiger partial charge in [-0.1, -0.05) is 0 Å². The minimum absolute atomic E-state index is 0.192. The minimum atomic E-state index is -3.65. The van der Waals surface area contributed by atoms with E-state index in [1.165, 1.54) is 19.2 Å². The van der Waals surface area contributed by atoms with Crippen LogP contribution in [0.5, 0.6) is 0 Å². The quantitative estimate of drug-likeness (QED) is 0.718. The van der Waals surface area contributed by atoms with Crippen LogP contribution < -0.4 is 14.9 Å². The van der Waals surface area contributed by atoms with Gasteiger partial charge < -0.3 is 10.2 Å². The number of hydrogen-bond donors (Lipinski definition) is 2. The van der Waals surface area contributed by atoms with E-state index < -0.39 is 10.0 Å². The molecule has 0 bridgehead atoms. The number of nitrogens with one attached hydrogen (secondary N) is 2. The van der Waals surface area contributed by atoms with Gasteiger partial charge in [0.1, 0.15) is 6.07 Å². The molecule has 2 N–H and O–H groups in total. The zero-order valence-corrected chi connectivity index (χ0v) is 17.7. The Hall–Kier alpha value is -3.03. The SMILES string of the molecule is CC(=O)Nc1ccc(S(=O)(=O)NCC2CCN(c3nccnc3C#N)CC2)c(C)c1. The minimum Gasteiger partial charge on any atom is -0.354 e. The summed E-state index contributed by atoms with van der Waals surface area (Å²) in [5.41, 5.74) is 1.43. The third-order valence-corrected chi connectivity index (χ3v) is 6.63. The molecule has 9 nitrogen and oxygen atoms in total. The Kier molecular flexibility index (Phi) is 6.64. The number of piperidine rings is 1. The molecule has 1 aromatic carbocycles. The smallest absolute Gasteiger partial charge is 0.240 e. The van der Waals surface area contributed by atoms with Crippen molar-refractivity contribution < 1.29 is 13.2 Å². The molecule has 1 saturated heterocycles. The fraction of sp³-hybridized carbons (Fsp3) is 0.400. The third kappa shape index (κ3) is 5.11. The summed E-state index contributed by atoms with van der Waals surface area (Å²) < 4.78 is 28.2. The van der Waals surface area contributed by atoms with Gasteiger partial charge in [0, 0.05) is 44.6 Å². The number of aryl methyl sites for hydroxylation is 1. The molecule has 0 saturated carbocycles.